The quantitative estimate of drug-likeness (QED) is 0.668. The van der Waals surface area contributed by atoms with Gasteiger partial charge in [0.25, 0.3) is 11.5 Å². The van der Waals surface area contributed by atoms with Gasteiger partial charge in [-0.15, -0.1) is 0 Å². The number of aromatic nitrogens is 2. The molecule has 1 N–H and O–H groups in total. The number of nitrogens with one attached hydrogen (secondary N) is 1. The van der Waals surface area contributed by atoms with Gasteiger partial charge in [0, 0.05) is 61.8 Å². The van der Waals surface area contributed by atoms with Crippen LogP contribution in [-0.4, -0.2) is 59.3 Å². The van der Waals surface area contributed by atoms with Crippen LogP contribution in [0.2, 0.25) is 0 Å². The molecule has 1 saturated carbocycles. The highest BCUT2D eigenvalue weighted by Crippen LogP contribution is 2.32. The second-order valence-electron chi connectivity index (χ2n) is 9.06. The van der Waals surface area contributed by atoms with Gasteiger partial charge in [0.1, 0.15) is 5.52 Å². The first kappa shape index (κ1) is 21.2. The maximum absolute atomic E-state index is 13.6. The number of rotatable bonds is 5. The Morgan fingerprint density at radius 3 is 2.66 bits per heavy atom. The van der Waals surface area contributed by atoms with Crippen LogP contribution in [0.1, 0.15) is 48.5 Å². The number of ether oxygens (including phenoxy) is 1. The highest BCUT2D eigenvalue weighted by molar-refractivity contribution is 6.17. The van der Waals surface area contributed by atoms with E-state index in [0.29, 0.717) is 17.6 Å². The fourth-order valence-electron chi connectivity index (χ4n) is 5.35. The maximum Gasteiger partial charge on any atom is 0.275 e. The average molecular weight is 437 g/mol. The molecule has 1 aromatic carbocycles. The standard InChI is InChI=1S/C25H32N4O3/c1-27-21-10-6-5-9-19(21)22-20(24(30)26-11-12-28-13-15-32-16-14-28)17-29(25(31)23(22)27)18-7-3-2-4-8-18/h5-6,9-10,17-18H,2-4,7-8,11-16H2,1H3,(H,26,30). The molecule has 7 heteroatoms. The Labute approximate surface area is 187 Å². The van der Waals surface area contributed by atoms with Gasteiger partial charge >= 0.3 is 0 Å². The van der Waals surface area contributed by atoms with Crippen LogP contribution >= 0.6 is 0 Å². The molecule has 2 aromatic heterocycles. The average Bonchev–Trinajstić information content (AvgIpc) is 3.14. The Morgan fingerprint density at radius 2 is 1.88 bits per heavy atom. The lowest BCUT2D eigenvalue weighted by molar-refractivity contribution is 0.0383. The van der Waals surface area contributed by atoms with E-state index >= 15 is 0 Å². The second kappa shape index (κ2) is 9.08. The van der Waals surface area contributed by atoms with Gasteiger partial charge in [-0.1, -0.05) is 37.5 Å². The van der Waals surface area contributed by atoms with Crippen molar-refractivity contribution in [2.45, 2.75) is 38.1 Å². The van der Waals surface area contributed by atoms with Crippen LogP contribution in [0, 0.1) is 0 Å². The van der Waals surface area contributed by atoms with Crippen molar-refractivity contribution in [1.29, 1.82) is 0 Å². The Balaban J connectivity index is 1.55. The monoisotopic (exact) mass is 436 g/mol. The predicted octanol–water partition coefficient (Wildman–Crippen LogP) is 3.06. The molecule has 1 aliphatic carbocycles. The molecule has 3 heterocycles. The van der Waals surface area contributed by atoms with Gasteiger partial charge in [0.2, 0.25) is 0 Å². The van der Waals surface area contributed by atoms with Gasteiger partial charge in [0.15, 0.2) is 0 Å². The fourth-order valence-corrected chi connectivity index (χ4v) is 5.35. The lowest BCUT2D eigenvalue weighted by Gasteiger charge is -2.26. The van der Waals surface area contributed by atoms with E-state index in [2.05, 4.69) is 10.2 Å². The van der Waals surface area contributed by atoms with Crippen molar-refractivity contribution in [3.05, 3.63) is 46.4 Å². The molecule has 1 aliphatic heterocycles. The van der Waals surface area contributed by atoms with Crippen molar-refractivity contribution in [1.82, 2.24) is 19.4 Å². The van der Waals surface area contributed by atoms with Gasteiger partial charge in [0.05, 0.1) is 18.8 Å². The smallest absolute Gasteiger partial charge is 0.275 e. The minimum atomic E-state index is -0.107. The third-order valence-electron chi connectivity index (χ3n) is 7.11. The third-order valence-corrected chi connectivity index (χ3v) is 7.11. The summed E-state index contributed by atoms with van der Waals surface area (Å²) in [6, 6.07) is 8.13. The first-order chi connectivity index (χ1) is 15.6. The lowest BCUT2D eigenvalue weighted by atomic mass is 9.95. The number of amides is 1. The molecule has 2 fully saturated rings. The summed E-state index contributed by atoms with van der Waals surface area (Å²) in [4.78, 5) is 29.3. The van der Waals surface area contributed by atoms with Gasteiger partial charge in [-0.3, -0.25) is 14.5 Å². The molecular formula is C25H32N4O3. The van der Waals surface area contributed by atoms with Crippen molar-refractivity contribution >= 4 is 27.7 Å². The molecule has 5 rings (SSSR count). The summed E-state index contributed by atoms with van der Waals surface area (Å²) < 4.78 is 9.21. The molecule has 0 atom stereocenters. The number of para-hydroxylation sites is 1. The fraction of sp³-hybridized carbons (Fsp3) is 0.520. The number of benzene rings is 1. The van der Waals surface area contributed by atoms with Gasteiger partial charge in [-0.05, 0) is 18.9 Å². The summed E-state index contributed by atoms with van der Waals surface area (Å²) in [6.07, 6.45) is 7.30. The summed E-state index contributed by atoms with van der Waals surface area (Å²) in [5.41, 5.74) is 2.21. The zero-order valence-corrected chi connectivity index (χ0v) is 18.8. The van der Waals surface area contributed by atoms with Crippen LogP contribution in [0.5, 0.6) is 0 Å². The van der Waals surface area contributed by atoms with Crippen LogP contribution in [0.3, 0.4) is 0 Å². The number of hydrogen-bond donors (Lipinski definition) is 1. The molecule has 1 amide bonds. The number of carbonyl (C=O) groups excluding carboxylic acids is 1. The van der Waals surface area contributed by atoms with Crippen LogP contribution in [0.15, 0.2) is 35.3 Å². The highest BCUT2D eigenvalue weighted by Gasteiger charge is 2.25. The molecule has 2 aliphatic rings. The van der Waals surface area contributed by atoms with E-state index < -0.39 is 0 Å². The number of nitrogens with zero attached hydrogens (tertiary/aromatic N) is 3. The highest BCUT2D eigenvalue weighted by atomic mass is 16.5. The molecule has 1 saturated heterocycles. The predicted molar refractivity (Wildman–Crippen MR) is 126 cm³/mol. The van der Waals surface area contributed by atoms with E-state index in [9.17, 15) is 9.59 Å². The van der Waals surface area contributed by atoms with Crippen molar-refractivity contribution < 1.29 is 9.53 Å². The molecule has 7 nitrogen and oxygen atoms in total. The largest absolute Gasteiger partial charge is 0.379 e. The van der Waals surface area contributed by atoms with Crippen LogP contribution in [0.4, 0.5) is 0 Å². The molecule has 170 valence electrons. The number of carbonyl (C=O) groups is 1. The summed E-state index contributed by atoms with van der Waals surface area (Å²) in [6.45, 7) is 4.67. The Hall–Kier alpha value is -2.64. The molecule has 0 radical (unpaired) electrons. The number of pyridine rings is 1. The van der Waals surface area contributed by atoms with Crippen molar-refractivity contribution in [3.63, 3.8) is 0 Å². The molecule has 32 heavy (non-hydrogen) atoms. The molecular weight excluding hydrogens is 404 g/mol. The molecule has 0 spiro atoms. The van der Waals surface area contributed by atoms with E-state index in [1.54, 1.807) is 0 Å². The summed E-state index contributed by atoms with van der Waals surface area (Å²) in [7, 11) is 1.93. The summed E-state index contributed by atoms with van der Waals surface area (Å²) in [5.74, 6) is -0.107. The third kappa shape index (κ3) is 3.84. The topological polar surface area (TPSA) is 68.5 Å². The van der Waals surface area contributed by atoms with Crippen molar-refractivity contribution in [2.75, 3.05) is 39.4 Å². The van der Waals surface area contributed by atoms with Crippen molar-refractivity contribution in [3.8, 4) is 0 Å². The Morgan fingerprint density at radius 1 is 1.12 bits per heavy atom. The van der Waals surface area contributed by atoms with E-state index in [-0.39, 0.29) is 17.5 Å². The maximum atomic E-state index is 13.6. The Bertz CT molecular complexity index is 1180. The Kier molecular flexibility index (Phi) is 6.02. The lowest BCUT2D eigenvalue weighted by Crippen LogP contribution is -2.41. The van der Waals surface area contributed by atoms with E-state index in [0.717, 1.165) is 74.8 Å². The van der Waals surface area contributed by atoms with Gasteiger partial charge in [-0.25, -0.2) is 0 Å². The zero-order chi connectivity index (χ0) is 22.1. The van der Waals surface area contributed by atoms with Crippen LogP contribution in [0.25, 0.3) is 21.8 Å². The first-order valence-electron chi connectivity index (χ1n) is 11.9. The van der Waals surface area contributed by atoms with Crippen molar-refractivity contribution in [2.24, 2.45) is 7.05 Å². The normalized spacial score (nSPS) is 18.4. The van der Waals surface area contributed by atoms with Gasteiger partial charge in [-0.2, -0.15) is 0 Å². The zero-order valence-electron chi connectivity index (χ0n) is 18.8. The molecule has 0 unspecified atom stereocenters. The first-order valence-corrected chi connectivity index (χ1v) is 11.9. The molecule has 3 aromatic rings. The van der Waals surface area contributed by atoms with E-state index in [4.69, 9.17) is 4.74 Å². The SMILES string of the molecule is Cn1c2ccccc2c2c(C(=O)NCCN3CCOCC3)cn(C3CCCCC3)c(=O)c21. The molecule has 0 bridgehead atoms. The second-order valence-corrected chi connectivity index (χ2v) is 9.06. The minimum absolute atomic E-state index is 0.00969. The summed E-state index contributed by atoms with van der Waals surface area (Å²) in [5, 5.41) is 4.84. The number of hydrogen-bond acceptors (Lipinski definition) is 4. The van der Waals surface area contributed by atoms with E-state index in [1.807, 2.05) is 46.6 Å². The van der Waals surface area contributed by atoms with Gasteiger partial charge < -0.3 is 19.2 Å². The van der Waals surface area contributed by atoms with E-state index in [1.165, 1.54) is 6.42 Å². The number of morpholine rings is 1. The number of fused-ring (bicyclic) bond motifs is 3. The minimum Gasteiger partial charge on any atom is -0.379 e. The summed E-state index contributed by atoms with van der Waals surface area (Å²) >= 11 is 0. The van der Waals surface area contributed by atoms with Crippen LogP contribution in [-0.2, 0) is 11.8 Å². The number of aryl methyl sites for hydroxylation is 1. The van der Waals surface area contributed by atoms with Crippen LogP contribution < -0.4 is 10.9 Å².